The quantitative estimate of drug-likeness (QED) is 0.183. The number of fused-ring (bicyclic) bond motifs is 2. The fourth-order valence-corrected chi connectivity index (χ4v) is 4.44. The number of unbranched alkanes of at least 4 members (excludes halogenated alkanes) is 2. The van der Waals surface area contributed by atoms with Crippen LogP contribution in [-0.4, -0.2) is 0 Å². The first-order valence-electron chi connectivity index (χ1n) is 9.45. The average molecular weight is 322 g/mol. The van der Waals surface area contributed by atoms with E-state index in [0.29, 0.717) is 0 Å². The molecule has 0 aliphatic heterocycles. The third kappa shape index (κ3) is 2.21. The van der Waals surface area contributed by atoms with E-state index in [1.165, 1.54) is 74.3 Å². The molecule has 0 N–H and O–H groups in total. The van der Waals surface area contributed by atoms with E-state index in [2.05, 4.69) is 73.7 Å². The van der Waals surface area contributed by atoms with Crippen molar-refractivity contribution in [1.82, 2.24) is 0 Å². The van der Waals surface area contributed by atoms with Gasteiger partial charge in [-0.05, 0) is 61.5 Å². The lowest BCUT2D eigenvalue weighted by Crippen LogP contribution is -1.90. The summed E-state index contributed by atoms with van der Waals surface area (Å²) in [5.74, 6) is 0. The van der Waals surface area contributed by atoms with Crippen LogP contribution in [0.5, 0.6) is 0 Å². The van der Waals surface area contributed by atoms with Gasteiger partial charge in [0.05, 0.1) is 0 Å². The van der Waals surface area contributed by atoms with Crippen LogP contribution >= 0.6 is 0 Å². The van der Waals surface area contributed by atoms with Crippen LogP contribution in [0.2, 0.25) is 0 Å². The summed E-state index contributed by atoms with van der Waals surface area (Å²) in [5.41, 5.74) is 1.48. The predicted molar refractivity (Wildman–Crippen MR) is 111 cm³/mol. The highest BCUT2D eigenvalue weighted by molar-refractivity contribution is 6.32. The molecule has 0 radical (unpaired) electrons. The maximum atomic E-state index is 2.45. The molecule has 0 aromatic heterocycles. The van der Waals surface area contributed by atoms with Crippen molar-refractivity contribution < 1.29 is 0 Å². The van der Waals surface area contributed by atoms with Crippen molar-refractivity contribution in [2.75, 3.05) is 0 Å². The Morgan fingerprint density at radius 2 is 1.20 bits per heavy atom. The lowest BCUT2D eigenvalue weighted by atomic mass is 9.88. The van der Waals surface area contributed by atoms with E-state index in [9.17, 15) is 0 Å². The monoisotopic (exact) mass is 322 g/mol. The second-order valence-corrected chi connectivity index (χ2v) is 7.21. The zero-order chi connectivity index (χ0) is 16.8. The van der Waals surface area contributed by atoms with Gasteiger partial charge in [-0.2, -0.15) is 0 Å². The number of hydrogen-bond acceptors (Lipinski definition) is 0. The van der Waals surface area contributed by atoms with Crippen molar-refractivity contribution in [3.8, 4) is 0 Å². The van der Waals surface area contributed by atoms with E-state index in [0.717, 1.165) is 0 Å². The van der Waals surface area contributed by atoms with Crippen LogP contribution in [0.3, 0.4) is 0 Å². The molecule has 0 amide bonds. The summed E-state index contributed by atoms with van der Waals surface area (Å²) in [5, 5.41) is 11.1. The summed E-state index contributed by atoms with van der Waals surface area (Å²) in [6.07, 6.45) is 5.05. The molecule has 0 bridgehead atoms. The highest BCUT2D eigenvalue weighted by atomic mass is 14.2. The Kier molecular flexibility index (Phi) is 3.38. The molecule has 0 heteroatoms. The second kappa shape index (κ2) is 5.74. The van der Waals surface area contributed by atoms with Crippen molar-refractivity contribution in [2.45, 2.75) is 32.6 Å². The fraction of sp³-hybridized carbons (Fsp3) is 0.200. The third-order valence-corrected chi connectivity index (χ3v) is 5.59. The summed E-state index contributed by atoms with van der Waals surface area (Å²) < 4.78 is 0. The van der Waals surface area contributed by atoms with Gasteiger partial charge in [-0.25, -0.2) is 0 Å². The number of rotatable bonds is 4. The average Bonchev–Trinajstić information content (AvgIpc) is 2.66. The summed E-state index contributed by atoms with van der Waals surface area (Å²) in [7, 11) is 0. The maximum absolute atomic E-state index is 2.45. The maximum Gasteiger partial charge on any atom is -0.00262 e. The highest BCUT2D eigenvalue weighted by Crippen LogP contribution is 2.40. The van der Waals surface area contributed by atoms with Gasteiger partial charge >= 0.3 is 0 Å². The Morgan fingerprint density at radius 1 is 0.600 bits per heavy atom. The smallest absolute Gasteiger partial charge is 0.00262 e. The first-order valence-corrected chi connectivity index (χ1v) is 9.45. The van der Waals surface area contributed by atoms with Gasteiger partial charge < -0.3 is 0 Å². The molecule has 0 saturated carbocycles. The predicted octanol–water partition coefficient (Wildman–Crippen LogP) is 7.47. The van der Waals surface area contributed by atoms with Crippen LogP contribution in [0.25, 0.3) is 43.1 Å². The Hall–Kier alpha value is -2.60. The molecule has 0 fully saturated rings. The molecule has 5 aromatic carbocycles. The van der Waals surface area contributed by atoms with Gasteiger partial charge in [-0.1, -0.05) is 86.5 Å². The molecule has 0 spiro atoms. The van der Waals surface area contributed by atoms with Gasteiger partial charge in [0.15, 0.2) is 0 Å². The molecular formula is C25H22. The lowest BCUT2D eigenvalue weighted by molar-refractivity contribution is 0.718. The van der Waals surface area contributed by atoms with Crippen molar-refractivity contribution in [3.63, 3.8) is 0 Å². The summed E-state index contributed by atoms with van der Waals surface area (Å²) in [6.45, 7) is 2.27. The van der Waals surface area contributed by atoms with Gasteiger partial charge in [-0.3, -0.25) is 0 Å². The van der Waals surface area contributed by atoms with Crippen LogP contribution in [0, 0.1) is 0 Å². The van der Waals surface area contributed by atoms with E-state index in [1.54, 1.807) is 0 Å². The van der Waals surface area contributed by atoms with Crippen molar-refractivity contribution in [3.05, 3.63) is 72.3 Å². The number of benzene rings is 5. The Balaban J connectivity index is 1.92. The minimum absolute atomic E-state index is 1.18. The normalized spacial score (nSPS) is 12.0. The lowest BCUT2D eigenvalue weighted by Gasteiger charge is -2.15. The van der Waals surface area contributed by atoms with Crippen LogP contribution in [0.15, 0.2) is 66.7 Å². The molecule has 0 saturated heterocycles. The van der Waals surface area contributed by atoms with Crippen LogP contribution in [-0.2, 0) is 6.42 Å². The Morgan fingerprint density at radius 3 is 1.88 bits per heavy atom. The number of aryl methyl sites for hydroxylation is 1. The summed E-state index contributed by atoms with van der Waals surface area (Å²) >= 11 is 0. The van der Waals surface area contributed by atoms with Gasteiger partial charge in [0.25, 0.3) is 0 Å². The van der Waals surface area contributed by atoms with Gasteiger partial charge in [0.2, 0.25) is 0 Å². The van der Waals surface area contributed by atoms with Crippen molar-refractivity contribution in [1.29, 1.82) is 0 Å². The fourth-order valence-electron chi connectivity index (χ4n) is 4.44. The van der Waals surface area contributed by atoms with Crippen LogP contribution in [0.4, 0.5) is 0 Å². The SMILES string of the molecule is CCCCCc1cc2cccc3c4cccc5cccc(c(c1)c23)c54. The first kappa shape index (κ1) is 14.7. The molecule has 0 aliphatic carbocycles. The first-order chi connectivity index (χ1) is 12.4. The molecule has 25 heavy (non-hydrogen) atoms. The zero-order valence-corrected chi connectivity index (χ0v) is 14.7. The van der Waals surface area contributed by atoms with Gasteiger partial charge in [0, 0.05) is 0 Å². The third-order valence-electron chi connectivity index (χ3n) is 5.59. The molecule has 122 valence electrons. The van der Waals surface area contributed by atoms with Crippen molar-refractivity contribution >= 4 is 43.1 Å². The highest BCUT2D eigenvalue weighted by Gasteiger charge is 2.13. The summed E-state index contributed by atoms with van der Waals surface area (Å²) in [4.78, 5) is 0. The van der Waals surface area contributed by atoms with E-state index >= 15 is 0 Å². The van der Waals surface area contributed by atoms with E-state index in [4.69, 9.17) is 0 Å². The number of hydrogen-bond donors (Lipinski definition) is 0. The Bertz CT molecular complexity index is 1190. The van der Waals surface area contributed by atoms with Crippen molar-refractivity contribution in [2.24, 2.45) is 0 Å². The van der Waals surface area contributed by atoms with Gasteiger partial charge in [-0.15, -0.1) is 0 Å². The van der Waals surface area contributed by atoms with E-state index < -0.39 is 0 Å². The summed E-state index contributed by atoms with van der Waals surface area (Å²) in [6, 6.07) is 25.1. The zero-order valence-electron chi connectivity index (χ0n) is 14.7. The standard InChI is InChI=1S/C25H22/c1-2-3-4-8-17-15-19-11-7-13-21-20-12-5-9-18-10-6-14-22(24(18)20)23(16-17)25(19)21/h5-7,9-16H,2-4,8H2,1H3. The molecule has 0 atom stereocenters. The molecule has 5 aromatic rings. The minimum atomic E-state index is 1.18. The van der Waals surface area contributed by atoms with Gasteiger partial charge in [0.1, 0.15) is 0 Å². The second-order valence-electron chi connectivity index (χ2n) is 7.21. The largest absolute Gasteiger partial charge is 0.0654 e. The topological polar surface area (TPSA) is 0 Å². The molecule has 5 rings (SSSR count). The Labute approximate surface area is 148 Å². The molecule has 0 unspecified atom stereocenters. The van der Waals surface area contributed by atoms with E-state index in [1.807, 2.05) is 0 Å². The van der Waals surface area contributed by atoms with Crippen LogP contribution < -0.4 is 0 Å². The minimum Gasteiger partial charge on any atom is -0.0654 e. The molecular weight excluding hydrogens is 300 g/mol. The van der Waals surface area contributed by atoms with E-state index in [-0.39, 0.29) is 0 Å². The molecule has 0 nitrogen and oxygen atoms in total. The molecule has 0 aliphatic rings. The van der Waals surface area contributed by atoms with Crippen LogP contribution in [0.1, 0.15) is 31.7 Å². The molecule has 0 heterocycles.